The topological polar surface area (TPSA) is 103 Å². The second kappa shape index (κ2) is 2.94. The maximum atomic E-state index is 12.0. The van der Waals surface area contributed by atoms with Gasteiger partial charge < -0.3 is 10.2 Å². The van der Waals surface area contributed by atoms with Gasteiger partial charge in [0.1, 0.15) is 17.2 Å². The first kappa shape index (κ1) is 9.59. The Balaban J connectivity index is 2.42. The number of aromatic amines is 1. The van der Waals surface area contributed by atoms with E-state index in [1.165, 1.54) is 18.3 Å². The number of benzene rings is 1. The van der Waals surface area contributed by atoms with Crippen LogP contribution in [0.15, 0.2) is 18.3 Å². The molecular weight excluding hydrogens is 224 g/mol. The van der Waals surface area contributed by atoms with Crippen LogP contribution in [-0.4, -0.2) is 32.0 Å². The van der Waals surface area contributed by atoms with E-state index < -0.39 is 11.6 Å². The van der Waals surface area contributed by atoms with Gasteiger partial charge in [-0.2, -0.15) is 5.10 Å². The molecule has 0 saturated carbocycles. The molecule has 1 aromatic carbocycles. The maximum Gasteiger partial charge on any atom is 0.216 e. The number of rotatable bonds is 0. The Hall–Kier alpha value is -2.63. The average Bonchev–Trinajstić information content (AvgIpc) is 2.78. The van der Waals surface area contributed by atoms with E-state index in [0.29, 0.717) is 0 Å². The van der Waals surface area contributed by atoms with Gasteiger partial charge in [0.05, 0.1) is 22.9 Å². The first-order chi connectivity index (χ1) is 8.11. The summed E-state index contributed by atoms with van der Waals surface area (Å²) in [5.74, 6) is -1.75. The van der Waals surface area contributed by atoms with Gasteiger partial charge in [0, 0.05) is 0 Å². The van der Waals surface area contributed by atoms with Gasteiger partial charge in [-0.15, -0.1) is 0 Å². The summed E-state index contributed by atoms with van der Waals surface area (Å²) in [4.78, 5) is 24.0. The second-order valence-corrected chi connectivity index (χ2v) is 3.67. The molecule has 0 radical (unpaired) electrons. The summed E-state index contributed by atoms with van der Waals surface area (Å²) < 4.78 is 0. The molecule has 17 heavy (non-hydrogen) atoms. The van der Waals surface area contributed by atoms with Crippen LogP contribution in [0, 0.1) is 0 Å². The van der Waals surface area contributed by atoms with Crippen molar-refractivity contribution in [2.24, 2.45) is 0 Å². The summed E-state index contributed by atoms with van der Waals surface area (Å²) >= 11 is 0. The third kappa shape index (κ3) is 1.06. The van der Waals surface area contributed by atoms with E-state index in [4.69, 9.17) is 0 Å². The van der Waals surface area contributed by atoms with Crippen molar-refractivity contribution >= 4 is 11.6 Å². The van der Waals surface area contributed by atoms with Crippen LogP contribution >= 0.6 is 0 Å². The Bertz CT molecular complexity index is 617. The van der Waals surface area contributed by atoms with Crippen LogP contribution in [0.3, 0.4) is 0 Å². The number of phenolic OH excluding ortho intramolecular Hbond substituents is 2. The van der Waals surface area contributed by atoms with Gasteiger partial charge in [-0.25, -0.2) is 0 Å². The minimum absolute atomic E-state index is 0.0309. The fourth-order valence-electron chi connectivity index (χ4n) is 1.93. The highest BCUT2D eigenvalue weighted by molar-refractivity contribution is 6.29. The number of carbonyl (C=O) groups is 2. The number of hydrogen-bond donors (Lipinski definition) is 3. The number of nitrogens with zero attached hydrogens (tertiary/aromatic N) is 1. The number of ketones is 2. The average molecular weight is 230 g/mol. The van der Waals surface area contributed by atoms with Gasteiger partial charge in [-0.05, 0) is 12.1 Å². The number of aromatic nitrogens is 2. The number of H-pyrrole nitrogens is 1. The van der Waals surface area contributed by atoms with Crippen LogP contribution in [0.25, 0.3) is 0 Å². The van der Waals surface area contributed by atoms with Gasteiger partial charge in [0.2, 0.25) is 11.6 Å². The molecule has 3 rings (SSSR count). The molecule has 6 nitrogen and oxygen atoms in total. The standard InChI is InChI=1S/C11H6N2O4/c14-5-1-2-6(15)8-7(5)10(16)4-3-12-13-9(4)11(8)17/h1-3,14-15H,(H,12,13). The lowest BCUT2D eigenvalue weighted by molar-refractivity contribution is 0.0972. The molecule has 0 aliphatic heterocycles. The van der Waals surface area contributed by atoms with Crippen LogP contribution in [0.4, 0.5) is 0 Å². The van der Waals surface area contributed by atoms with E-state index in [0.717, 1.165) is 0 Å². The first-order valence-electron chi connectivity index (χ1n) is 4.79. The quantitative estimate of drug-likeness (QED) is 0.490. The summed E-state index contributed by atoms with van der Waals surface area (Å²) in [5.41, 5.74) is -0.234. The number of aromatic hydroxyl groups is 2. The predicted molar refractivity (Wildman–Crippen MR) is 55.2 cm³/mol. The fourth-order valence-corrected chi connectivity index (χ4v) is 1.93. The van der Waals surface area contributed by atoms with E-state index in [-0.39, 0.29) is 33.9 Å². The van der Waals surface area contributed by atoms with Crippen molar-refractivity contribution in [3.8, 4) is 11.5 Å². The van der Waals surface area contributed by atoms with E-state index in [9.17, 15) is 19.8 Å². The van der Waals surface area contributed by atoms with Crippen molar-refractivity contribution in [2.75, 3.05) is 0 Å². The SMILES string of the molecule is O=C1c2cn[nH]c2C(=O)c2c(O)ccc(O)c21. The van der Waals surface area contributed by atoms with Crippen LogP contribution in [0.5, 0.6) is 11.5 Å². The third-order valence-corrected chi connectivity index (χ3v) is 2.73. The summed E-state index contributed by atoms with van der Waals surface area (Å²) in [5, 5.41) is 25.3. The molecule has 1 heterocycles. The Labute approximate surface area is 94.5 Å². The summed E-state index contributed by atoms with van der Waals surface area (Å²) in [6, 6.07) is 2.34. The summed E-state index contributed by atoms with van der Waals surface area (Å²) in [6.45, 7) is 0. The van der Waals surface area contributed by atoms with Gasteiger partial charge in [-0.3, -0.25) is 14.7 Å². The molecule has 0 spiro atoms. The Morgan fingerprint density at radius 2 is 1.59 bits per heavy atom. The van der Waals surface area contributed by atoms with Crippen molar-refractivity contribution in [1.29, 1.82) is 0 Å². The zero-order valence-electron chi connectivity index (χ0n) is 8.39. The van der Waals surface area contributed by atoms with Gasteiger partial charge in [0.15, 0.2) is 0 Å². The molecule has 1 aliphatic carbocycles. The van der Waals surface area contributed by atoms with Gasteiger partial charge in [-0.1, -0.05) is 0 Å². The Morgan fingerprint density at radius 3 is 2.24 bits per heavy atom. The fraction of sp³-hybridized carbons (Fsp3) is 0. The van der Waals surface area contributed by atoms with Crippen LogP contribution in [0.1, 0.15) is 32.0 Å². The molecule has 3 N–H and O–H groups in total. The molecule has 0 saturated heterocycles. The Morgan fingerprint density at radius 1 is 1.00 bits per heavy atom. The van der Waals surface area contributed by atoms with Crippen molar-refractivity contribution in [3.63, 3.8) is 0 Å². The number of hydrogen-bond acceptors (Lipinski definition) is 5. The van der Waals surface area contributed by atoms with Crippen molar-refractivity contribution in [3.05, 3.63) is 40.7 Å². The minimum atomic E-state index is -0.555. The molecule has 1 aromatic heterocycles. The number of carbonyl (C=O) groups excluding carboxylic acids is 2. The summed E-state index contributed by atoms with van der Waals surface area (Å²) in [7, 11) is 0. The summed E-state index contributed by atoms with van der Waals surface area (Å²) in [6.07, 6.45) is 1.22. The van der Waals surface area contributed by atoms with Gasteiger partial charge in [0.25, 0.3) is 0 Å². The number of phenols is 2. The highest BCUT2D eigenvalue weighted by Gasteiger charge is 2.35. The number of fused-ring (bicyclic) bond motifs is 2. The Kier molecular flexibility index (Phi) is 1.66. The molecule has 84 valence electrons. The molecule has 6 heteroatoms. The second-order valence-electron chi connectivity index (χ2n) is 3.67. The van der Waals surface area contributed by atoms with E-state index in [1.54, 1.807) is 0 Å². The molecule has 0 unspecified atom stereocenters. The van der Waals surface area contributed by atoms with Crippen molar-refractivity contribution < 1.29 is 19.8 Å². The maximum absolute atomic E-state index is 12.0. The smallest absolute Gasteiger partial charge is 0.216 e. The lowest BCUT2D eigenvalue weighted by atomic mass is 9.87. The lowest BCUT2D eigenvalue weighted by Crippen LogP contribution is -2.20. The molecule has 2 aromatic rings. The van der Waals surface area contributed by atoms with Crippen molar-refractivity contribution in [1.82, 2.24) is 10.2 Å². The molecule has 0 fully saturated rings. The highest BCUT2D eigenvalue weighted by atomic mass is 16.3. The normalized spacial score (nSPS) is 13.4. The molecular formula is C11H6N2O4. The van der Waals surface area contributed by atoms with Crippen LogP contribution in [-0.2, 0) is 0 Å². The van der Waals surface area contributed by atoms with Crippen LogP contribution in [0.2, 0.25) is 0 Å². The molecule has 0 bridgehead atoms. The first-order valence-corrected chi connectivity index (χ1v) is 4.79. The largest absolute Gasteiger partial charge is 0.507 e. The van der Waals surface area contributed by atoms with Crippen molar-refractivity contribution in [2.45, 2.75) is 0 Å². The molecule has 0 atom stereocenters. The highest BCUT2D eigenvalue weighted by Crippen LogP contribution is 2.36. The third-order valence-electron chi connectivity index (χ3n) is 2.73. The van der Waals surface area contributed by atoms with E-state index in [1.807, 2.05) is 0 Å². The number of nitrogens with one attached hydrogen (secondary N) is 1. The van der Waals surface area contributed by atoms with Gasteiger partial charge >= 0.3 is 0 Å². The zero-order valence-corrected chi connectivity index (χ0v) is 8.39. The minimum Gasteiger partial charge on any atom is -0.507 e. The predicted octanol–water partition coefficient (Wildman–Crippen LogP) is 0.596. The monoisotopic (exact) mass is 230 g/mol. The van der Waals surface area contributed by atoms with E-state index in [2.05, 4.69) is 10.2 Å². The zero-order chi connectivity index (χ0) is 12.2. The molecule has 0 amide bonds. The molecule has 1 aliphatic rings. The van der Waals surface area contributed by atoms with Crippen LogP contribution < -0.4 is 0 Å². The lowest BCUT2D eigenvalue weighted by Gasteiger charge is -2.15. The van der Waals surface area contributed by atoms with E-state index >= 15 is 0 Å².